The maximum atomic E-state index is 13.0. The largest absolute Gasteiger partial charge is 0.396 e. The SMILES string of the molecule is CCC1(CO)CCN(C(C)C(=O)NC(C)c2ccc(F)cc2)CC1. The quantitative estimate of drug-likeness (QED) is 0.840. The number of carbonyl (C=O) groups is 1. The molecule has 4 nitrogen and oxygen atoms in total. The minimum Gasteiger partial charge on any atom is -0.396 e. The molecular formula is C19H29FN2O2. The van der Waals surface area contributed by atoms with Gasteiger partial charge in [-0.1, -0.05) is 19.1 Å². The molecule has 0 bridgehead atoms. The fourth-order valence-electron chi connectivity index (χ4n) is 3.34. The number of amides is 1. The van der Waals surface area contributed by atoms with Gasteiger partial charge in [-0.05, 0) is 69.3 Å². The number of halogens is 1. The van der Waals surface area contributed by atoms with Gasteiger partial charge in [0.2, 0.25) is 5.91 Å². The lowest BCUT2D eigenvalue weighted by Gasteiger charge is -2.42. The van der Waals surface area contributed by atoms with E-state index in [4.69, 9.17) is 0 Å². The number of aliphatic hydroxyl groups excluding tert-OH is 1. The summed E-state index contributed by atoms with van der Waals surface area (Å²) in [6.07, 6.45) is 2.82. The van der Waals surface area contributed by atoms with Crippen LogP contribution < -0.4 is 5.32 Å². The molecule has 24 heavy (non-hydrogen) atoms. The first-order chi connectivity index (χ1) is 11.4. The van der Waals surface area contributed by atoms with Gasteiger partial charge in [-0.15, -0.1) is 0 Å². The Bertz CT molecular complexity index is 533. The predicted molar refractivity (Wildman–Crippen MR) is 93.0 cm³/mol. The highest BCUT2D eigenvalue weighted by Gasteiger charge is 2.35. The van der Waals surface area contributed by atoms with Gasteiger partial charge in [-0.2, -0.15) is 0 Å². The molecule has 1 aliphatic heterocycles. The van der Waals surface area contributed by atoms with E-state index in [1.807, 2.05) is 13.8 Å². The van der Waals surface area contributed by atoms with Gasteiger partial charge in [0.25, 0.3) is 0 Å². The third-order valence-corrected chi connectivity index (χ3v) is 5.60. The molecule has 1 aromatic rings. The van der Waals surface area contributed by atoms with Gasteiger partial charge in [0.15, 0.2) is 0 Å². The Morgan fingerprint density at radius 1 is 1.29 bits per heavy atom. The monoisotopic (exact) mass is 336 g/mol. The Kier molecular flexibility index (Phi) is 6.35. The number of likely N-dealkylation sites (tertiary alicyclic amines) is 1. The maximum absolute atomic E-state index is 13.0. The van der Waals surface area contributed by atoms with Crippen molar-refractivity contribution >= 4 is 5.91 Å². The molecule has 2 N–H and O–H groups in total. The fourth-order valence-corrected chi connectivity index (χ4v) is 3.34. The molecule has 0 aliphatic carbocycles. The highest BCUT2D eigenvalue weighted by atomic mass is 19.1. The van der Waals surface area contributed by atoms with Crippen LogP contribution in [-0.4, -0.2) is 41.7 Å². The lowest BCUT2D eigenvalue weighted by Crippen LogP contribution is -2.51. The van der Waals surface area contributed by atoms with Gasteiger partial charge in [0.05, 0.1) is 12.1 Å². The van der Waals surface area contributed by atoms with E-state index in [9.17, 15) is 14.3 Å². The van der Waals surface area contributed by atoms with Crippen molar-refractivity contribution in [3.8, 4) is 0 Å². The summed E-state index contributed by atoms with van der Waals surface area (Å²) in [7, 11) is 0. The second kappa shape index (κ2) is 8.08. The zero-order valence-electron chi connectivity index (χ0n) is 14.9. The number of hydrogen-bond acceptors (Lipinski definition) is 3. The van der Waals surface area contributed by atoms with E-state index in [-0.39, 0.29) is 35.8 Å². The molecule has 1 aromatic carbocycles. The molecule has 1 fully saturated rings. The van der Waals surface area contributed by atoms with E-state index in [0.29, 0.717) is 0 Å². The van der Waals surface area contributed by atoms with Crippen LogP contribution >= 0.6 is 0 Å². The van der Waals surface area contributed by atoms with Gasteiger partial charge >= 0.3 is 0 Å². The van der Waals surface area contributed by atoms with Crippen LogP contribution in [0.3, 0.4) is 0 Å². The van der Waals surface area contributed by atoms with Gasteiger partial charge < -0.3 is 10.4 Å². The lowest BCUT2D eigenvalue weighted by molar-refractivity contribution is -0.127. The van der Waals surface area contributed by atoms with Crippen molar-refractivity contribution < 1.29 is 14.3 Å². The second-order valence-corrected chi connectivity index (χ2v) is 7.01. The Morgan fingerprint density at radius 2 is 1.88 bits per heavy atom. The Hall–Kier alpha value is -1.46. The van der Waals surface area contributed by atoms with Crippen molar-refractivity contribution in [2.24, 2.45) is 5.41 Å². The number of aliphatic hydroxyl groups is 1. The predicted octanol–water partition coefficient (Wildman–Crippen LogP) is 2.88. The summed E-state index contributed by atoms with van der Waals surface area (Å²) in [5.74, 6) is -0.290. The number of rotatable bonds is 6. The summed E-state index contributed by atoms with van der Waals surface area (Å²) in [6, 6.07) is 5.85. The molecule has 2 rings (SSSR count). The Balaban J connectivity index is 1.89. The van der Waals surface area contributed by atoms with E-state index < -0.39 is 0 Å². The molecule has 0 spiro atoms. The molecule has 5 heteroatoms. The standard InChI is InChI=1S/C19H29FN2O2/c1-4-19(13-23)9-11-22(12-10-19)15(3)18(24)21-14(2)16-5-7-17(20)8-6-16/h5-8,14-15,23H,4,9-13H2,1-3H3,(H,21,24). The topological polar surface area (TPSA) is 52.6 Å². The summed E-state index contributed by atoms with van der Waals surface area (Å²) in [4.78, 5) is 14.7. The Labute approximate surface area is 144 Å². The van der Waals surface area contributed by atoms with E-state index in [1.54, 1.807) is 12.1 Å². The lowest BCUT2D eigenvalue weighted by atomic mass is 9.76. The highest BCUT2D eigenvalue weighted by Crippen LogP contribution is 2.34. The molecule has 134 valence electrons. The number of hydrogen-bond donors (Lipinski definition) is 2. The molecular weight excluding hydrogens is 307 g/mol. The average Bonchev–Trinajstić information content (AvgIpc) is 2.61. The van der Waals surface area contributed by atoms with E-state index in [0.717, 1.165) is 37.9 Å². The number of benzene rings is 1. The van der Waals surface area contributed by atoms with Crippen LogP contribution in [0, 0.1) is 11.2 Å². The molecule has 0 radical (unpaired) electrons. The first-order valence-corrected chi connectivity index (χ1v) is 8.81. The average molecular weight is 336 g/mol. The number of nitrogens with zero attached hydrogens (tertiary/aromatic N) is 1. The number of carbonyl (C=O) groups excluding carboxylic acids is 1. The van der Waals surface area contributed by atoms with Crippen LogP contribution in [0.15, 0.2) is 24.3 Å². The summed E-state index contributed by atoms with van der Waals surface area (Å²) < 4.78 is 13.0. The van der Waals surface area contributed by atoms with E-state index in [1.165, 1.54) is 12.1 Å². The fraction of sp³-hybridized carbons (Fsp3) is 0.632. The summed E-state index contributed by atoms with van der Waals surface area (Å²) in [5.41, 5.74) is 0.912. The van der Waals surface area contributed by atoms with Crippen molar-refractivity contribution in [3.05, 3.63) is 35.6 Å². The molecule has 1 saturated heterocycles. The molecule has 1 aliphatic rings. The highest BCUT2D eigenvalue weighted by molar-refractivity contribution is 5.81. The van der Waals surface area contributed by atoms with Crippen LogP contribution in [0.1, 0.15) is 51.6 Å². The van der Waals surface area contributed by atoms with Crippen molar-refractivity contribution in [2.45, 2.75) is 52.1 Å². The van der Waals surface area contributed by atoms with Crippen LogP contribution in [0.4, 0.5) is 4.39 Å². The third kappa shape index (κ3) is 4.33. The van der Waals surface area contributed by atoms with E-state index in [2.05, 4.69) is 17.1 Å². The third-order valence-electron chi connectivity index (χ3n) is 5.60. The van der Waals surface area contributed by atoms with Gasteiger partial charge in [0.1, 0.15) is 5.82 Å². The molecule has 0 aromatic heterocycles. The summed E-state index contributed by atoms with van der Waals surface area (Å²) in [6.45, 7) is 7.82. The van der Waals surface area contributed by atoms with Gasteiger partial charge in [0, 0.05) is 6.61 Å². The van der Waals surface area contributed by atoms with Crippen LogP contribution in [0.2, 0.25) is 0 Å². The molecule has 2 atom stereocenters. The second-order valence-electron chi connectivity index (χ2n) is 7.01. The van der Waals surface area contributed by atoms with Gasteiger partial charge in [-0.3, -0.25) is 9.69 Å². The van der Waals surface area contributed by atoms with Crippen LogP contribution in [0.25, 0.3) is 0 Å². The minimum atomic E-state index is -0.276. The van der Waals surface area contributed by atoms with Crippen molar-refractivity contribution in [1.29, 1.82) is 0 Å². The van der Waals surface area contributed by atoms with Crippen molar-refractivity contribution in [3.63, 3.8) is 0 Å². The number of piperidine rings is 1. The molecule has 2 unspecified atom stereocenters. The zero-order valence-corrected chi connectivity index (χ0v) is 14.9. The minimum absolute atomic E-state index is 0.0141. The Morgan fingerprint density at radius 3 is 2.38 bits per heavy atom. The first kappa shape index (κ1) is 18.9. The normalized spacial score (nSPS) is 20.4. The van der Waals surface area contributed by atoms with Crippen molar-refractivity contribution in [2.75, 3.05) is 19.7 Å². The first-order valence-electron chi connectivity index (χ1n) is 8.81. The van der Waals surface area contributed by atoms with Gasteiger partial charge in [-0.25, -0.2) is 4.39 Å². The number of nitrogens with one attached hydrogen (secondary N) is 1. The smallest absolute Gasteiger partial charge is 0.237 e. The maximum Gasteiger partial charge on any atom is 0.237 e. The molecule has 1 heterocycles. The zero-order chi connectivity index (χ0) is 17.7. The summed E-state index contributed by atoms with van der Waals surface area (Å²) >= 11 is 0. The van der Waals surface area contributed by atoms with Crippen molar-refractivity contribution in [1.82, 2.24) is 10.2 Å². The molecule has 1 amide bonds. The molecule has 0 saturated carbocycles. The van der Waals surface area contributed by atoms with Crippen LogP contribution in [0.5, 0.6) is 0 Å². The van der Waals surface area contributed by atoms with E-state index >= 15 is 0 Å². The summed E-state index contributed by atoms with van der Waals surface area (Å²) in [5, 5.41) is 12.6. The van der Waals surface area contributed by atoms with Crippen LogP contribution in [-0.2, 0) is 4.79 Å².